The van der Waals surface area contributed by atoms with Gasteiger partial charge < -0.3 is 4.84 Å². The molecule has 1 rings (SSSR count). The predicted octanol–water partition coefficient (Wildman–Crippen LogP) is 3.63. The number of rotatable bonds is 5. The molecule has 1 aromatic rings. The molecule has 0 aliphatic heterocycles. The smallest absolute Gasteiger partial charge is 0.142 e. The molecule has 15 heavy (non-hydrogen) atoms. The molecule has 0 amide bonds. The van der Waals surface area contributed by atoms with Crippen molar-refractivity contribution >= 4 is 5.71 Å². The SMILES string of the molecule is CC/C(=N\OCc1ccccc1)C(C)C. The van der Waals surface area contributed by atoms with E-state index in [2.05, 4.69) is 25.9 Å². The van der Waals surface area contributed by atoms with Gasteiger partial charge in [0.05, 0.1) is 5.71 Å². The fourth-order valence-electron chi connectivity index (χ4n) is 1.34. The van der Waals surface area contributed by atoms with Crippen molar-refractivity contribution in [2.45, 2.75) is 33.8 Å². The minimum atomic E-state index is 0.464. The zero-order chi connectivity index (χ0) is 11.1. The summed E-state index contributed by atoms with van der Waals surface area (Å²) in [5, 5.41) is 4.15. The van der Waals surface area contributed by atoms with Crippen molar-refractivity contribution in [1.29, 1.82) is 0 Å². The van der Waals surface area contributed by atoms with Gasteiger partial charge in [-0.05, 0) is 17.9 Å². The lowest BCUT2D eigenvalue weighted by atomic mass is 10.1. The van der Waals surface area contributed by atoms with E-state index in [4.69, 9.17) is 4.84 Å². The molecule has 0 saturated carbocycles. The van der Waals surface area contributed by atoms with E-state index in [0.717, 1.165) is 17.7 Å². The molecule has 0 aliphatic carbocycles. The molecule has 0 radical (unpaired) electrons. The largest absolute Gasteiger partial charge is 0.391 e. The van der Waals surface area contributed by atoms with Gasteiger partial charge >= 0.3 is 0 Å². The van der Waals surface area contributed by atoms with E-state index in [-0.39, 0.29) is 0 Å². The Morgan fingerprint density at radius 3 is 2.47 bits per heavy atom. The normalized spacial score (nSPS) is 11.9. The quantitative estimate of drug-likeness (QED) is 0.531. The number of hydrogen-bond acceptors (Lipinski definition) is 2. The molecule has 0 heterocycles. The molecule has 0 aliphatic rings. The van der Waals surface area contributed by atoms with Gasteiger partial charge in [-0.3, -0.25) is 0 Å². The van der Waals surface area contributed by atoms with Crippen molar-refractivity contribution in [2.75, 3.05) is 0 Å². The third kappa shape index (κ3) is 4.15. The second-order valence-corrected chi connectivity index (χ2v) is 3.85. The van der Waals surface area contributed by atoms with Gasteiger partial charge in [-0.15, -0.1) is 0 Å². The molecule has 1 aromatic carbocycles. The lowest BCUT2D eigenvalue weighted by Gasteiger charge is -2.07. The third-order valence-corrected chi connectivity index (χ3v) is 2.28. The summed E-state index contributed by atoms with van der Waals surface area (Å²) in [6.07, 6.45) is 0.951. The summed E-state index contributed by atoms with van der Waals surface area (Å²) in [7, 11) is 0. The Kier molecular flexibility index (Phi) is 4.88. The minimum absolute atomic E-state index is 0.464. The van der Waals surface area contributed by atoms with E-state index in [9.17, 15) is 0 Å². The van der Waals surface area contributed by atoms with Crippen molar-refractivity contribution < 1.29 is 4.84 Å². The minimum Gasteiger partial charge on any atom is -0.391 e. The molecule has 2 heteroatoms. The summed E-state index contributed by atoms with van der Waals surface area (Å²) in [6.45, 7) is 6.92. The van der Waals surface area contributed by atoms with Crippen LogP contribution in [0, 0.1) is 5.92 Å². The van der Waals surface area contributed by atoms with Crippen LogP contribution in [-0.2, 0) is 11.4 Å². The maximum atomic E-state index is 5.32. The topological polar surface area (TPSA) is 21.6 Å². The first-order valence-corrected chi connectivity index (χ1v) is 5.46. The van der Waals surface area contributed by atoms with Gasteiger partial charge in [0.2, 0.25) is 0 Å². The Morgan fingerprint density at radius 2 is 1.93 bits per heavy atom. The van der Waals surface area contributed by atoms with Gasteiger partial charge in [-0.1, -0.05) is 56.3 Å². The molecule has 0 saturated heterocycles. The molecule has 0 N–H and O–H groups in total. The van der Waals surface area contributed by atoms with E-state index < -0.39 is 0 Å². The molecule has 0 unspecified atom stereocenters. The highest BCUT2D eigenvalue weighted by Gasteiger charge is 2.02. The van der Waals surface area contributed by atoms with Crippen molar-refractivity contribution in [3.8, 4) is 0 Å². The summed E-state index contributed by atoms with van der Waals surface area (Å²) in [5.74, 6) is 0.464. The zero-order valence-corrected chi connectivity index (χ0v) is 9.73. The summed E-state index contributed by atoms with van der Waals surface area (Å²) in [6, 6.07) is 10.1. The maximum absolute atomic E-state index is 5.32. The average molecular weight is 205 g/mol. The lowest BCUT2D eigenvalue weighted by molar-refractivity contribution is 0.128. The number of benzene rings is 1. The predicted molar refractivity (Wildman–Crippen MR) is 63.8 cm³/mol. The molecule has 0 atom stereocenters. The molecular formula is C13H19NO. The van der Waals surface area contributed by atoms with Gasteiger partial charge in [0.15, 0.2) is 0 Å². The molecule has 82 valence electrons. The highest BCUT2D eigenvalue weighted by Crippen LogP contribution is 2.05. The van der Waals surface area contributed by atoms with Crippen molar-refractivity contribution in [3.63, 3.8) is 0 Å². The van der Waals surface area contributed by atoms with Gasteiger partial charge in [-0.25, -0.2) is 0 Å². The Bertz CT molecular complexity index is 304. The molecule has 2 nitrogen and oxygen atoms in total. The maximum Gasteiger partial charge on any atom is 0.142 e. The van der Waals surface area contributed by atoms with Crippen LogP contribution in [0.4, 0.5) is 0 Å². The van der Waals surface area contributed by atoms with Crippen LogP contribution in [0.1, 0.15) is 32.8 Å². The van der Waals surface area contributed by atoms with Gasteiger partial charge in [0.1, 0.15) is 6.61 Å². The van der Waals surface area contributed by atoms with Crippen LogP contribution in [-0.4, -0.2) is 5.71 Å². The number of oxime groups is 1. The third-order valence-electron chi connectivity index (χ3n) is 2.28. The van der Waals surface area contributed by atoms with Crippen LogP contribution in [0.2, 0.25) is 0 Å². The summed E-state index contributed by atoms with van der Waals surface area (Å²) < 4.78 is 0. The van der Waals surface area contributed by atoms with Crippen LogP contribution < -0.4 is 0 Å². The summed E-state index contributed by atoms with van der Waals surface area (Å²) in [5.41, 5.74) is 2.27. The first-order chi connectivity index (χ1) is 7.24. The Labute approximate surface area is 91.9 Å². The summed E-state index contributed by atoms with van der Waals surface area (Å²) in [4.78, 5) is 5.32. The Hall–Kier alpha value is -1.31. The average Bonchev–Trinajstić information content (AvgIpc) is 2.25. The fourth-order valence-corrected chi connectivity index (χ4v) is 1.34. The highest BCUT2D eigenvalue weighted by molar-refractivity contribution is 5.85. The Balaban J connectivity index is 2.44. The van der Waals surface area contributed by atoms with Gasteiger partial charge in [0.25, 0.3) is 0 Å². The molecule has 0 spiro atoms. The molecule has 0 bridgehead atoms. The van der Waals surface area contributed by atoms with E-state index in [1.54, 1.807) is 0 Å². The van der Waals surface area contributed by atoms with Crippen LogP contribution in [0.3, 0.4) is 0 Å². The number of hydrogen-bond donors (Lipinski definition) is 0. The fraction of sp³-hybridized carbons (Fsp3) is 0.462. The van der Waals surface area contributed by atoms with E-state index in [1.165, 1.54) is 0 Å². The standard InChI is InChI=1S/C13H19NO/c1-4-13(11(2)3)14-15-10-12-8-6-5-7-9-12/h5-9,11H,4,10H2,1-3H3/b14-13+. The monoisotopic (exact) mass is 205 g/mol. The molecule has 0 aromatic heterocycles. The molecular weight excluding hydrogens is 186 g/mol. The van der Waals surface area contributed by atoms with Gasteiger partial charge in [-0.2, -0.15) is 0 Å². The van der Waals surface area contributed by atoms with Crippen LogP contribution in [0.25, 0.3) is 0 Å². The van der Waals surface area contributed by atoms with Crippen LogP contribution >= 0.6 is 0 Å². The summed E-state index contributed by atoms with van der Waals surface area (Å²) >= 11 is 0. The van der Waals surface area contributed by atoms with Crippen molar-refractivity contribution in [1.82, 2.24) is 0 Å². The van der Waals surface area contributed by atoms with E-state index in [0.29, 0.717) is 12.5 Å². The first kappa shape index (κ1) is 11.8. The van der Waals surface area contributed by atoms with E-state index >= 15 is 0 Å². The van der Waals surface area contributed by atoms with Crippen LogP contribution in [0.15, 0.2) is 35.5 Å². The second kappa shape index (κ2) is 6.23. The number of nitrogens with zero attached hydrogens (tertiary/aromatic N) is 1. The zero-order valence-electron chi connectivity index (χ0n) is 9.73. The molecule has 0 fully saturated rings. The highest BCUT2D eigenvalue weighted by atomic mass is 16.6. The Morgan fingerprint density at radius 1 is 1.27 bits per heavy atom. The van der Waals surface area contributed by atoms with Crippen LogP contribution in [0.5, 0.6) is 0 Å². The van der Waals surface area contributed by atoms with Crippen molar-refractivity contribution in [2.24, 2.45) is 11.1 Å². The second-order valence-electron chi connectivity index (χ2n) is 3.85. The van der Waals surface area contributed by atoms with Crippen molar-refractivity contribution in [3.05, 3.63) is 35.9 Å². The lowest BCUT2D eigenvalue weighted by Crippen LogP contribution is -2.06. The van der Waals surface area contributed by atoms with E-state index in [1.807, 2.05) is 30.3 Å². The first-order valence-electron chi connectivity index (χ1n) is 5.46. The van der Waals surface area contributed by atoms with Gasteiger partial charge in [0, 0.05) is 0 Å².